The van der Waals surface area contributed by atoms with Crippen LogP contribution in [0.15, 0.2) is 17.3 Å². The predicted molar refractivity (Wildman–Crippen MR) is 66.2 cm³/mol. The van der Waals surface area contributed by atoms with Crippen molar-refractivity contribution < 1.29 is 23.1 Å². The fraction of sp³-hybridized carbons (Fsp3) is 0.500. The van der Waals surface area contributed by atoms with Gasteiger partial charge in [0.2, 0.25) is 15.9 Å². The van der Waals surface area contributed by atoms with Gasteiger partial charge in [0.1, 0.15) is 17.5 Å². The summed E-state index contributed by atoms with van der Waals surface area (Å²) < 4.78 is 27.4. The second kappa shape index (κ2) is 5.21. The minimum absolute atomic E-state index is 0.166. The van der Waals surface area contributed by atoms with E-state index in [1.807, 2.05) is 0 Å². The van der Waals surface area contributed by atoms with Crippen molar-refractivity contribution in [1.82, 2.24) is 19.4 Å². The zero-order valence-corrected chi connectivity index (χ0v) is 11.5. The lowest BCUT2D eigenvalue weighted by Gasteiger charge is -2.11. The normalized spacial score (nSPS) is 19.6. The van der Waals surface area contributed by atoms with E-state index in [1.165, 1.54) is 4.90 Å². The molecule has 1 aliphatic rings. The molecule has 2 rings (SSSR count). The van der Waals surface area contributed by atoms with E-state index >= 15 is 0 Å². The minimum Gasteiger partial charge on any atom is -0.480 e. The van der Waals surface area contributed by atoms with Gasteiger partial charge in [-0.3, -0.25) is 14.3 Å². The van der Waals surface area contributed by atoms with Crippen molar-refractivity contribution in [2.24, 2.45) is 0 Å². The lowest BCUT2D eigenvalue weighted by atomic mass is 10.3. The minimum atomic E-state index is -3.89. The molecule has 0 bridgehead atoms. The van der Waals surface area contributed by atoms with Crippen LogP contribution in [0.1, 0.15) is 6.42 Å². The highest BCUT2D eigenvalue weighted by atomic mass is 32.2. The number of carboxylic acid groups (broad SMARTS) is 1. The fourth-order valence-electron chi connectivity index (χ4n) is 1.90. The highest BCUT2D eigenvalue weighted by Gasteiger charge is 2.33. The maximum Gasteiger partial charge on any atom is 0.325 e. The number of rotatable bonds is 5. The number of hydrogen-bond acceptors (Lipinski definition) is 5. The van der Waals surface area contributed by atoms with E-state index in [9.17, 15) is 18.0 Å². The number of likely N-dealkylation sites (tertiary alicyclic amines) is 1. The number of amides is 1. The summed E-state index contributed by atoms with van der Waals surface area (Å²) >= 11 is 0. The number of aromatic nitrogens is 2. The van der Waals surface area contributed by atoms with Crippen LogP contribution in [0, 0.1) is 0 Å². The average Bonchev–Trinajstić information content (AvgIpc) is 2.91. The molecule has 110 valence electrons. The third-order valence-electron chi connectivity index (χ3n) is 2.94. The summed E-state index contributed by atoms with van der Waals surface area (Å²) in [7, 11) is -2.29. The zero-order valence-electron chi connectivity index (χ0n) is 10.7. The van der Waals surface area contributed by atoms with Gasteiger partial charge in [0.15, 0.2) is 0 Å². The summed E-state index contributed by atoms with van der Waals surface area (Å²) in [4.78, 5) is 23.5. The van der Waals surface area contributed by atoms with Crippen LogP contribution in [0.5, 0.6) is 0 Å². The van der Waals surface area contributed by atoms with E-state index in [0.717, 1.165) is 17.1 Å². The molecule has 1 unspecified atom stereocenters. The third-order valence-corrected chi connectivity index (χ3v) is 4.37. The fourth-order valence-corrected chi connectivity index (χ4v) is 3.07. The van der Waals surface area contributed by atoms with Crippen LogP contribution in [0.25, 0.3) is 0 Å². The summed E-state index contributed by atoms with van der Waals surface area (Å²) in [5.74, 6) is -1.41. The zero-order chi connectivity index (χ0) is 14.9. The highest BCUT2D eigenvalue weighted by molar-refractivity contribution is 7.89. The molecule has 0 aromatic carbocycles. The molecule has 0 aliphatic carbocycles. The van der Waals surface area contributed by atoms with Crippen LogP contribution in [-0.4, -0.2) is 59.7 Å². The van der Waals surface area contributed by atoms with Crippen molar-refractivity contribution in [1.29, 1.82) is 0 Å². The van der Waals surface area contributed by atoms with E-state index in [1.54, 1.807) is 7.05 Å². The molecule has 9 nitrogen and oxygen atoms in total. The molecule has 1 saturated heterocycles. The van der Waals surface area contributed by atoms with Gasteiger partial charge in [0.05, 0.1) is 6.20 Å². The molecule has 2 N–H and O–H groups in total. The summed E-state index contributed by atoms with van der Waals surface area (Å²) in [5, 5.41) is 12.2. The maximum absolute atomic E-state index is 12.1. The molecule has 1 amide bonds. The van der Waals surface area contributed by atoms with Crippen LogP contribution in [0.3, 0.4) is 0 Å². The van der Waals surface area contributed by atoms with Gasteiger partial charge in [-0.1, -0.05) is 0 Å². The predicted octanol–water partition coefficient (Wildman–Crippen LogP) is -1.52. The monoisotopic (exact) mass is 302 g/mol. The molecule has 1 atom stereocenters. The summed E-state index contributed by atoms with van der Waals surface area (Å²) in [5.41, 5.74) is 0. The Morgan fingerprint density at radius 2 is 2.30 bits per heavy atom. The summed E-state index contributed by atoms with van der Waals surface area (Å²) in [6.45, 7) is 0.0604. The Hall–Kier alpha value is -1.94. The summed E-state index contributed by atoms with van der Waals surface area (Å²) in [6.07, 6.45) is 2.56. The number of sulfonamides is 1. The van der Waals surface area contributed by atoms with Crippen molar-refractivity contribution >= 4 is 21.9 Å². The van der Waals surface area contributed by atoms with Gasteiger partial charge in [-0.05, 0) is 6.42 Å². The molecule has 1 fully saturated rings. The molecular weight excluding hydrogens is 288 g/mol. The number of likely N-dealkylation sites (N-methyl/N-ethyl adjacent to an activating group) is 1. The Bertz CT molecular complexity index is 638. The smallest absolute Gasteiger partial charge is 0.325 e. The topological polar surface area (TPSA) is 122 Å². The Morgan fingerprint density at radius 3 is 2.85 bits per heavy atom. The van der Waals surface area contributed by atoms with Crippen LogP contribution in [0.4, 0.5) is 0 Å². The number of aliphatic carboxylic acids is 1. The average molecular weight is 302 g/mol. The second-order valence-corrected chi connectivity index (χ2v) is 6.20. The number of nitrogens with zero attached hydrogens (tertiary/aromatic N) is 3. The van der Waals surface area contributed by atoms with Crippen LogP contribution >= 0.6 is 0 Å². The van der Waals surface area contributed by atoms with Crippen molar-refractivity contribution in [3.05, 3.63) is 12.4 Å². The number of nitrogens with one attached hydrogen (secondary N) is 1. The van der Waals surface area contributed by atoms with E-state index < -0.39 is 28.6 Å². The highest BCUT2D eigenvalue weighted by Crippen LogP contribution is 2.13. The van der Waals surface area contributed by atoms with Gasteiger partial charge in [0.25, 0.3) is 0 Å². The maximum atomic E-state index is 12.1. The molecular formula is C10H14N4O5S. The van der Waals surface area contributed by atoms with Crippen molar-refractivity contribution in [3.63, 3.8) is 0 Å². The Balaban J connectivity index is 2.12. The molecule has 10 heteroatoms. The molecule has 1 aromatic heterocycles. The number of carboxylic acids is 1. The molecule has 0 spiro atoms. The molecule has 20 heavy (non-hydrogen) atoms. The first-order valence-electron chi connectivity index (χ1n) is 5.81. The molecule has 1 aliphatic heterocycles. The van der Waals surface area contributed by atoms with Gasteiger partial charge in [-0.25, -0.2) is 8.42 Å². The van der Waals surface area contributed by atoms with Gasteiger partial charge in [0, 0.05) is 19.8 Å². The van der Waals surface area contributed by atoms with Crippen LogP contribution < -0.4 is 4.72 Å². The van der Waals surface area contributed by atoms with Crippen LogP contribution in [-0.2, 0) is 26.2 Å². The molecule has 1 aromatic rings. The van der Waals surface area contributed by atoms with Crippen molar-refractivity contribution in [2.75, 3.05) is 13.6 Å². The number of hydrogen-bond donors (Lipinski definition) is 2. The Morgan fingerprint density at radius 1 is 1.60 bits per heavy atom. The van der Waals surface area contributed by atoms with Gasteiger partial charge in [-0.2, -0.15) is 9.82 Å². The Kier molecular flexibility index (Phi) is 3.77. The Labute approximate surface area is 115 Å². The van der Waals surface area contributed by atoms with Gasteiger partial charge < -0.3 is 10.0 Å². The SMILES string of the molecule is CN1CCC(NS(=O)(=O)c2cnn(CC(=O)O)c2)C1=O. The largest absolute Gasteiger partial charge is 0.480 e. The molecule has 2 heterocycles. The van der Waals surface area contributed by atoms with Crippen molar-refractivity contribution in [2.45, 2.75) is 23.9 Å². The van der Waals surface area contributed by atoms with E-state index in [0.29, 0.717) is 13.0 Å². The van der Waals surface area contributed by atoms with Gasteiger partial charge in [-0.15, -0.1) is 0 Å². The second-order valence-electron chi connectivity index (χ2n) is 4.49. The van der Waals surface area contributed by atoms with Crippen LogP contribution in [0.2, 0.25) is 0 Å². The third kappa shape index (κ3) is 2.96. The van der Waals surface area contributed by atoms with Crippen molar-refractivity contribution in [3.8, 4) is 0 Å². The quantitative estimate of drug-likeness (QED) is 0.681. The van der Waals surface area contributed by atoms with E-state index in [-0.39, 0.29) is 10.8 Å². The van der Waals surface area contributed by atoms with E-state index in [4.69, 9.17) is 5.11 Å². The van der Waals surface area contributed by atoms with Gasteiger partial charge >= 0.3 is 5.97 Å². The first-order chi connectivity index (χ1) is 9.29. The molecule has 0 radical (unpaired) electrons. The first-order valence-corrected chi connectivity index (χ1v) is 7.29. The first kappa shape index (κ1) is 14.5. The lowest BCUT2D eigenvalue weighted by Crippen LogP contribution is -2.40. The number of carbonyl (C=O) groups is 2. The molecule has 0 saturated carbocycles. The summed E-state index contributed by atoms with van der Waals surface area (Å²) in [6, 6.07) is -0.784. The number of carbonyl (C=O) groups excluding carboxylic acids is 1. The van der Waals surface area contributed by atoms with E-state index in [2.05, 4.69) is 9.82 Å². The standard InChI is InChI=1S/C10H14N4O5S/c1-13-3-2-8(10(13)17)12-20(18,19)7-4-11-14(5-7)6-9(15)16/h4-5,8,12H,2-3,6H2,1H3,(H,15,16). The lowest BCUT2D eigenvalue weighted by molar-refractivity contribution is -0.137.